The molecular weight excluding hydrogens is 348 g/mol. The van der Waals surface area contributed by atoms with Crippen molar-refractivity contribution in [2.45, 2.75) is 23.8 Å². The van der Waals surface area contributed by atoms with Gasteiger partial charge in [0.15, 0.2) is 0 Å². The van der Waals surface area contributed by atoms with E-state index < -0.39 is 14.9 Å². The number of carbonyl (C=O) groups is 1. The van der Waals surface area contributed by atoms with Crippen LogP contribution in [0.15, 0.2) is 29.2 Å². The van der Waals surface area contributed by atoms with Gasteiger partial charge in [-0.05, 0) is 32.0 Å². The zero-order valence-corrected chi connectivity index (χ0v) is 15.0. The molecule has 0 unspecified atom stereocenters. The highest BCUT2D eigenvalue weighted by molar-refractivity contribution is 7.89. The molecule has 0 saturated carbocycles. The number of hydrogen-bond acceptors (Lipinski definition) is 6. The minimum Gasteiger partial charge on any atom is -0.342 e. The average Bonchev–Trinajstić information content (AvgIpc) is 2.61. The van der Waals surface area contributed by atoms with Crippen molar-refractivity contribution in [3.8, 4) is 0 Å². The molecule has 0 aromatic heterocycles. The van der Waals surface area contributed by atoms with Crippen molar-refractivity contribution in [3.63, 3.8) is 0 Å². The van der Waals surface area contributed by atoms with Crippen molar-refractivity contribution in [2.24, 2.45) is 0 Å². The third kappa shape index (κ3) is 4.53. The van der Waals surface area contributed by atoms with Crippen molar-refractivity contribution >= 4 is 21.6 Å². The first-order valence-electron chi connectivity index (χ1n) is 7.90. The highest BCUT2D eigenvalue weighted by Crippen LogP contribution is 2.20. The Bertz CT molecular complexity index is 746. The maximum absolute atomic E-state index is 12.6. The fourth-order valence-electron chi connectivity index (χ4n) is 2.72. The number of nitro groups is 1. The van der Waals surface area contributed by atoms with E-state index in [1.165, 1.54) is 25.2 Å². The SMILES string of the molecule is CN(C(=O)CN(C)S(=O)(=O)c1cccc([N+](=O)[O-])c1)C1CCNCC1. The average molecular weight is 370 g/mol. The summed E-state index contributed by atoms with van der Waals surface area (Å²) in [6.45, 7) is 1.33. The molecule has 0 bridgehead atoms. The van der Waals surface area contributed by atoms with Gasteiger partial charge in [0.25, 0.3) is 5.69 Å². The summed E-state index contributed by atoms with van der Waals surface area (Å²) in [7, 11) is -1.02. The fourth-order valence-corrected chi connectivity index (χ4v) is 3.88. The van der Waals surface area contributed by atoms with Gasteiger partial charge in [-0.25, -0.2) is 8.42 Å². The Balaban J connectivity index is 2.10. The molecule has 0 radical (unpaired) electrons. The monoisotopic (exact) mass is 370 g/mol. The molecule has 0 aliphatic carbocycles. The quantitative estimate of drug-likeness (QED) is 0.574. The van der Waals surface area contributed by atoms with Gasteiger partial charge < -0.3 is 10.2 Å². The molecule has 1 N–H and O–H groups in total. The lowest BCUT2D eigenvalue weighted by Crippen LogP contribution is -2.47. The van der Waals surface area contributed by atoms with Gasteiger partial charge >= 0.3 is 0 Å². The number of benzene rings is 1. The number of sulfonamides is 1. The first-order valence-corrected chi connectivity index (χ1v) is 9.34. The van der Waals surface area contributed by atoms with Crippen LogP contribution in [0.3, 0.4) is 0 Å². The Labute approximate surface area is 146 Å². The van der Waals surface area contributed by atoms with Gasteiger partial charge in [-0.2, -0.15) is 4.31 Å². The van der Waals surface area contributed by atoms with Crippen LogP contribution in [-0.4, -0.2) is 68.2 Å². The molecule has 1 aliphatic heterocycles. The van der Waals surface area contributed by atoms with Gasteiger partial charge in [0.2, 0.25) is 15.9 Å². The minimum absolute atomic E-state index is 0.0858. The second-order valence-corrected chi connectivity index (χ2v) is 8.05. The van der Waals surface area contributed by atoms with Crippen molar-refractivity contribution < 1.29 is 18.1 Å². The van der Waals surface area contributed by atoms with Gasteiger partial charge in [0, 0.05) is 32.3 Å². The molecule has 0 atom stereocenters. The lowest BCUT2D eigenvalue weighted by molar-refractivity contribution is -0.385. The molecule has 1 heterocycles. The largest absolute Gasteiger partial charge is 0.342 e. The van der Waals surface area contributed by atoms with E-state index in [1.807, 2.05) is 0 Å². The zero-order chi connectivity index (χ0) is 18.6. The number of amides is 1. The number of carbonyl (C=O) groups excluding carboxylic acids is 1. The number of nitrogens with zero attached hydrogens (tertiary/aromatic N) is 3. The molecule has 10 heteroatoms. The highest BCUT2D eigenvalue weighted by Gasteiger charge is 2.28. The summed E-state index contributed by atoms with van der Waals surface area (Å²) in [6.07, 6.45) is 1.65. The highest BCUT2D eigenvalue weighted by atomic mass is 32.2. The van der Waals surface area contributed by atoms with Crippen LogP contribution in [0.1, 0.15) is 12.8 Å². The Kier molecular flexibility index (Phi) is 6.09. The molecule has 2 rings (SSSR count). The Morgan fingerprint density at radius 3 is 2.56 bits per heavy atom. The molecular formula is C15H22N4O5S. The Hall–Kier alpha value is -2.04. The van der Waals surface area contributed by atoms with E-state index in [0.29, 0.717) is 0 Å². The van der Waals surface area contributed by atoms with Crippen LogP contribution in [0.4, 0.5) is 5.69 Å². The van der Waals surface area contributed by atoms with E-state index >= 15 is 0 Å². The number of hydrogen-bond donors (Lipinski definition) is 1. The number of piperidine rings is 1. The standard InChI is InChI=1S/C15H22N4O5S/c1-17(11-15(20)18(2)12-6-8-16-9-7-12)25(23,24)14-5-3-4-13(10-14)19(21)22/h3-5,10,12,16H,6-9,11H2,1-2H3. The first kappa shape index (κ1) is 19.3. The van der Waals surface area contributed by atoms with Crippen LogP contribution >= 0.6 is 0 Å². The van der Waals surface area contributed by atoms with E-state index in [1.54, 1.807) is 11.9 Å². The van der Waals surface area contributed by atoms with E-state index in [9.17, 15) is 23.3 Å². The van der Waals surface area contributed by atoms with E-state index in [0.717, 1.165) is 36.3 Å². The van der Waals surface area contributed by atoms with Gasteiger partial charge in [0.05, 0.1) is 16.4 Å². The summed E-state index contributed by atoms with van der Waals surface area (Å²) in [5.41, 5.74) is -0.312. The van der Waals surface area contributed by atoms with E-state index in [2.05, 4.69) is 5.32 Å². The number of nitrogens with one attached hydrogen (secondary N) is 1. The molecule has 1 aromatic carbocycles. The van der Waals surface area contributed by atoms with Gasteiger partial charge in [0.1, 0.15) is 0 Å². The zero-order valence-electron chi connectivity index (χ0n) is 14.2. The molecule has 1 fully saturated rings. The molecule has 1 amide bonds. The smallest absolute Gasteiger partial charge is 0.270 e. The van der Waals surface area contributed by atoms with Crippen molar-refractivity contribution in [1.82, 2.24) is 14.5 Å². The summed E-state index contributed by atoms with van der Waals surface area (Å²) in [5.74, 6) is -0.302. The summed E-state index contributed by atoms with van der Waals surface area (Å²) in [5, 5.41) is 14.0. The van der Waals surface area contributed by atoms with E-state index in [4.69, 9.17) is 0 Å². The number of nitro benzene ring substituents is 1. The predicted molar refractivity (Wildman–Crippen MR) is 91.6 cm³/mol. The molecule has 1 saturated heterocycles. The number of non-ortho nitro benzene ring substituents is 1. The molecule has 9 nitrogen and oxygen atoms in total. The Morgan fingerprint density at radius 1 is 1.32 bits per heavy atom. The Morgan fingerprint density at radius 2 is 1.96 bits per heavy atom. The molecule has 0 spiro atoms. The van der Waals surface area contributed by atoms with Crippen LogP contribution in [0, 0.1) is 10.1 Å². The fraction of sp³-hybridized carbons (Fsp3) is 0.533. The number of rotatable bonds is 6. The van der Waals surface area contributed by atoms with Crippen LogP contribution in [0.2, 0.25) is 0 Å². The van der Waals surface area contributed by atoms with Crippen LogP contribution in [0.25, 0.3) is 0 Å². The molecule has 138 valence electrons. The maximum Gasteiger partial charge on any atom is 0.270 e. The second-order valence-electron chi connectivity index (χ2n) is 6.00. The van der Waals surface area contributed by atoms with Gasteiger partial charge in [-0.15, -0.1) is 0 Å². The maximum atomic E-state index is 12.6. The van der Waals surface area contributed by atoms with Gasteiger partial charge in [-0.1, -0.05) is 6.07 Å². The summed E-state index contributed by atoms with van der Waals surface area (Å²) >= 11 is 0. The predicted octanol–water partition coefficient (Wildman–Crippen LogP) is 0.426. The lowest BCUT2D eigenvalue weighted by Gasteiger charge is -2.32. The summed E-state index contributed by atoms with van der Waals surface area (Å²) < 4.78 is 26.1. The minimum atomic E-state index is -3.99. The van der Waals surface area contributed by atoms with Gasteiger partial charge in [-0.3, -0.25) is 14.9 Å². The normalized spacial score (nSPS) is 16.0. The van der Waals surface area contributed by atoms with E-state index in [-0.39, 0.29) is 29.1 Å². The molecule has 1 aliphatic rings. The van der Waals surface area contributed by atoms with Crippen LogP contribution in [0.5, 0.6) is 0 Å². The second kappa shape index (κ2) is 7.89. The summed E-state index contributed by atoms with van der Waals surface area (Å²) in [4.78, 5) is 23.9. The summed E-state index contributed by atoms with van der Waals surface area (Å²) in [6, 6.07) is 4.88. The lowest BCUT2D eigenvalue weighted by atomic mass is 10.1. The third-order valence-corrected chi connectivity index (χ3v) is 6.14. The first-order chi connectivity index (χ1) is 11.7. The topological polar surface area (TPSA) is 113 Å². The molecule has 1 aromatic rings. The van der Waals surface area contributed by atoms with Crippen molar-refractivity contribution in [3.05, 3.63) is 34.4 Å². The van der Waals surface area contributed by atoms with Crippen molar-refractivity contribution in [1.29, 1.82) is 0 Å². The molecule has 25 heavy (non-hydrogen) atoms. The third-order valence-electron chi connectivity index (χ3n) is 4.34. The van der Waals surface area contributed by atoms with Crippen LogP contribution in [-0.2, 0) is 14.8 Å². The van der Waals surface area contributed by atoms with Crippen molar-refractivity contribution in [2.75, 3.05) is 33.7 Å². The van der Waals surface area contributed by atoms with Crippen LogP contribution < -0.4 is 5.32 Å². The number of likely N-dealkylation sites (N-methyl/N-ethyl adjacent to an activating group) is 2.